The van der Waals surface area contributed by atoms with Gasteiger partial charge in [0.05, 0.1) is 5.69 Å². The minimum Gasteiger partial charge on any atom is -0.476 e. The molecule has 0 saturated heterocycles. The van der Waals surface area contributed by atoms with Crippen LogP contribution in [-0.4, -0.2) is 26.8 Å². The number of carboxylic acid groups (broad SMARTS) is 1. The molecule has 0 unspecified atom stereocenters. The molecular formula is C13H12F2N2O2. The van der Waals surface area contributed by atoms with E-state index in [0.29, 0.717) is 11.3 Å². The van der Waals surface area contributed by atoms with Crippen LogP contribution in [0.2, 0.25) is 0 Å². The lowest BCUT2D eigenvalue weighted by Gasteiger charge is -2.12. The summed E-state index contributed by atoms with van der Waals surface area (Å²) in [6, 6.07) is 10.0. The van der Waals surface area contributed by atoms with Crippen LogP contribution in [0.4, 0.5) is 8.78 Å². The molecule has 2 aromatic rings. The van der Waals surface area contributed by atoms with Crippen LogP contribution in [0.25, 0.3) is 11.3 Å². The first kappa shape index (κ1) is 13.2. The van der Waals surface area contributed by atoms with Crippen LogP contribution in [0.5, 0.6) is 0 Å². The van der Waals surface area contributed by atoms with Crippen LogP contribution >= 0.6 is 0 Å². The van der Waals surface area contributed by atoms with Crippen molar-refractivity contribution >= 4 is 5.97 Å². The van der Waals surface area contributed by atoms with Crippen molar-refractivity contribution in [1.29, 1.82) is 0 Å². The van der Waals surface area contributed by atoms with Gasteiger partial charge in [0.25, 0.3) is 5.92 Å². The molecule has 1 heterocycles. The molecule has 0 aliphatic heterocycles. The Kier molecular flexibility index (Phi) is 3.33. The molecule has 0 aliphatic carbocycles. The molecule has 0 fully saturated rings. The van der Waals surface area contributed by atoms with Crippen molar-refractivity contribution in [2.24, 2.45) is 0 Å². The molecule has 4 nitrogen and oxygen atoms in total. The predicted octanol–water partition coefficient (Wildman–Crippen LogP) is 2.90. The molecule has 0 spiro atoms. The number of rotatable bonds is 4. The van der Waals surface area contributed by atoms with Gasteiger partial charge in [0, 0.05) is 6.92 Å². The van der Waals surface area contributed by atoms with E-state index in [2.05, 4.69) is 5.10 Å². The van der Waals surface area contributed by atoms with E-state index in [1.807, 2.05) is 0 Å². The highest BCUT2D eigenvalue weighted by Gasteiger charge is 2.25. The molecule has 0 amide bonds. The number of aromatic carboxylic acids is 1. The van der Waals surface area contributed by atoms with Crippen LogP contribution < -0.4 is 0 Å². The number of carbonyl (C=O) groups is 1. The van der Waals surface area contributed by atoms with E-state index < -0.39 is 18.4 Å². The van der Waals surface area contributed by atoms with Crippen molar-refractivity contribution in [2.75, 3.05) is 0 Å². The Labute approximate surface area is 108 Å². The molecular weight excluding hydrogens is 254 g/mol. The summed E-state index contributed by atoms with van der Waals surface area (Å²) in [5.74, 6) is -4.21. The molecule has 19 heavy (non-hydrogen) atoms. The van der Waals surface area contributed by atoms with Gasteiger partial charge in [-0.2, -0.15) is 5.10 Å². The SMILES string of the molecule is CC(F)(F)Cn1nc(C(=O)O)cc1-c1ccccc1. The van der Waals surface area contributed by atoms with Gasteiger partial charge in [-0.05, 0) is 11.6 Å². The smallest absolute Gasteiger partial charge is 0.356 e. The minimum atomic E-state index is -2.97. The van der Waals surface area contributed by atoms with E-state index in [9.17, 15) is 13.6 Å². The van der Waals surface area contributed by atoms with E-state index in [0.717, 1.165) is 11.6 Å². The Bertz CT molecular complexity index is 588. The van der Waals surface area contributed by atoms with Crippen molar-refractivity contribution in [3.05, 3.63) is 42.1 Å². The molecule has 2 rings (SSSR count). The summed E-state index contributed by atoms with van der Waals surface area (Å²) in [7, 11) is 0. The maximum atomic E-state index is 13.1. The lowest BCUT2D eigenvalue weighted by atomic mass is 10.1. The highest BCUT2D eigenvalue weighted by molar-refractivity contribution is 5.87. The first-order chi connectivity index (χ1) is 8.87. The van der Waals surface area contributed by atoms with Crippen molar-refractivity contribution < 1.29 is 18.7 Å². The third kappa shape index (κ3) is 3.15. The van der Waals surface area contributed by atoms with Crippen molar-refractivity contribution in [2.45, 2.75) is 19.4 Å². The minimum absolute atomic E-state index is 0.247. The Balaban J connectivity index is 2.49. The predicted molar refractivity (Wildman–Crippen MR) is 65.2 cm³/mol. The number of aromatic nitrogens is 2. The monoisotopic (exact) mass is 266 g/mol. The summed E-state index contributed by atoms with van der Waals surface area (Å²) in [4.78, 5) is 10.9. The van der Waals surface area contributed by atoms with Gasteiger partial charge >= 0.3 is 5.97 Å². The fraction of sp³-hybridized carbons (Fsp3) is 0.231. The van der Waals surface area contributed by atoms with Gasteiger partial charge in [-0.1, -0.05) is 30.3 Å². The van der Waals surface area contributed by atoms with E-state index in [4.69, 9.17) is 5.11 Å². The van der Waals surface area contributed by atoms with E-state index in [1.165, 1.54) is 6.07 Å². The standard InChI is InChI=1S/C13H12F2N2O2/c1-13(14,15)8-17-11(7-10(16-17)12(18)19)9-5-3-2-4-6-9/h2-7H,8H2,1H3,(H,18,19). The molecule has 1 N–H and O–H groups in total. The van der Waals surface area contributed by atoms with E-state index >= 15 is 0 Å². The van der Waals surface area contributed by atoms with Crippen molar-refractivity contribution in [3.63, 3.8) is 0 Å². The third-order valence-electron chi connectivity index (χ3n) is 2.50. The van der Waals surface area contributed by atoms with E-state index in [1.54, 1.807) is 30.3 Å². The van der Waals surface area contributed by atoms with E-state index in [-0.39, 0.29) is 5.69 Å². The average Bonchev–Trinajstić information content (AvgIpc) is 2.72. The summed E-state index contributed by atoms with van der Waals surface area (Å²) >= 11 is 0. The van der Waals surface area contributed by atoms with Crippen molar-refractivity contribution in [1.82, 2.24) is 9.78 Å². The molecule has 0 atom stereocenters. The van der Waals surface area contributed by atoms with Gasteiger partial charge < -0.3 is 5.11 Å². The third-order valence-corrected chi connectivity index (χ3v) is 2.50. The topological polar surface area (TPSA) is 55.1 Å². The largest absolute Gasteiger partial charge is 0.476 e. The van der Waals surface area contributed by atoms with Crippen LogP contribution in [0.3, 0.4) is 0 Å². The fourth-order valence-electron chi connectivity index (χ4n) is 1.75. The summed E-state index contributed by atoms with van der Waals surface area (Å²) in [5, 5.41) is 12.6. The number of alkyl halides is 2. The summed E-state index contributed by atoms with van der Waals surface area (Å²) in [6.07, 6.45) is 0. The highest BCUT2D eigenvalue weighted by atomic mass is 19.3. The molecule has 0 bridgehead atoms. The number of halogens is 2. The van der Waals surface area contributed by atoms with Crippen LogP contribution in [0.1, 0.15) is 17.4 Å². The highest BCUT2D eigenvalue weighted by Crippen LogP contribution is 2.24. The summed E-state index contributed by atoms with van der Waals surface area (Å²) in [6.45, 7) is 0.106. The first-order valence-corrected chi connectivity index (χ1v) is 5.61. The van der Waals surface area contributed by atoms with Crippen LogP contribution in [-0.2, 0) is 6.54 Å². The molecule has 0 saturated carbocycles. The normalized spacial score (nSPS) is 11.5. The fourth-order valence-corrected chi connectivity index (χ4v) is 1.75. The molecule has 0 aliphatic rings. The molecule has 6 heteroatoms. The molecule has 1 aromatic carbocycles. The number of benzene rings is 1. The maximum absolute atomic E-state index is 13.1. The zero-order valence-corrected chi connectivity index (χ0v) is 10.2. The number of carboxylic acids is 1. The Morgan fingerprint density at radius 2 is 2.00 bits per heavy atom. The summed E-state index contributed by atoms with van der Waals surface area (Å²) < 4.78 is 27.2. The van der Waals surface area contributed by atoms with Gasteiger partial charge in [-0.25, -0.2) is 13.6 Å². The number of hydrogen-bond donors (Lipinski definition) is 1. The lowest BCUT2D eigenvalue weighted by Crippen LogP contribution is -2.21. The number of nitrogens with zero attached hydrogens (tertiary/aromatic N) is 2. The Hall–Kier alpha value is -2.24. The quantitative estimate of drug-likeness (QED) is 0.925. The molecule has 1 aromatic heterocycles. The van der Waals surface area contributed by atoms with Gasteiger partial charge in [-0.15, -0.1) is 0 Å². The second kappa shape index (κ2) is 4.79. The first-order valence-electron chi connectivity index (χ1n) is 5.61. The second-order valence-electron chi connectivity index (χ2n) is 4.31. The average molecular weight is 266 g/mol. The lowest BCUT2D eigenvalue weighted by molar-refractivity contribution is 0.000830. The Morgan fingerprint density at radius 3 is 2.53 bits per heavy atom. The van der Waals surface area contributed by atoms with Gasteiger partial charge in [0.15, 0.2) is 5.69 Å². The number of hydrogen-bond acceptors (Lipinski definition) is 2. The van der Waals surface area contributed by atoms with Crippen LogP contribution in [0.15, 0.2) is 36.4 Å². The van der Waals surface area contributed by atoms with Crippen LogP contribution in [0, 0.1) is 0 Å². The van der Waals surface area contributed by atoms with Gasteiger partial charge in [0.1, 0.15) is 6.54 Å². The van der Waals surface area contributed by atoms with Gasteiger partial charge in [-0.3, -0.25) is 4.68 Å². The Morgan fingerprint density at radius 1 is 1.37 bits per heavy atom. The van der Waals surface area contributed by atoms with Crippen molar-refractivity contribution in [3.8, 4) is 11.3 Å². The molecule has 100 valence electrons. The summed E-state index contributed by atoms with van der Waals surface area (Å²) in [5.41, 5.74) is 0.759. The van der Waals surface area contributed by atoms with Gasteiger partial charge in [0.2, 0.25) is 0 Å². The zero-order valence-electron chi connectivity index (χ0n) is 10.2. The second-order valence-corrected chi connectivity index (χ2v) is 4.31. The molecule has 0 radical (unpaired) electrons. The zero-order chi connectivity index (χ0) is 14.0. The maximum Gasteiger partial charge on any atom is 0.356 e.